The Bertz CT molecular complexity index is 806. The molecule has 1 unspecified atom stereocenters. The van der Waals surface area contributed by atoms with Crippen LogP contribution < -0.4 is 5.32 Å². The summed E-state index contributed by atoms with van der Waals surface area (Å²) in [5.41, 5.74) is 2.21. The summed E-state index contributed by atoms with van der Waals surface area (Å²) in [6.07, 6.45) is 1.72. The molecule has 3 nitrogen and oxygen atoms in total. The van der Waals surface area contributed by atoms with Gasteiger partial charge >= 0.3 is 0 Å². The lowest BCUT2D eigenvalue weighted by atomic mass is 10.1. The maximum absolute atomic E-state index is 9.51. The lowest BCUT2D eigenvalue weighted by molar-refractivity contribution is 0.900. The molecule has 0 saturated carbocycles. The van der Waals surface area contributed by atoms with E-state index in [-0.39, 0.29) is 0 Å². The molecule has 0 amide bonds. The van der Waals surface area contributed by atoms with Gasteiger partial charge in [-0.05, 0) is 12.1 Å². The van der Waals surface area contributed by atoms with Crippen molar-refractivity contribution in [3.8, 4) is 6.07 Å². The van der Waals surface area contributed by atoms with E-state index in [0.29, 0.717) is 5.56 Å². The van der Waals surface area contributed by atoms with E-state index in [4.69, 9.17) is 11.6 Å². The van der Waals surface area contributed by atoms with Crippen LogP contribution in [0.5, 0.6) is 0 Å². The fourth-order valence-corrected chi connectivity index (χ4v) is 2.45. The number of benzene rings is 2. The second-order valence-corrected chi connectivity index (χ2v) is 5.21. The highest BCUT2D eigenvalue weighted by Gasteiger charge is 2.29. The van der Waals surface area contributed by atoms with Crippen LogP contribution in [0.15, 0.2) is 66.9 Å². The van der Waals surface area contributed by atoms with Crippen molar-refractivity contribution in [2.75, 3.05) is 5.32 Å². The van der Waals surface area contributed by atoms with Crippen molar-refractivity contribution in [3.63, 3.8) is 0 Å². The fraction of sp³-hybridized carbons (Fsp3) is 0.0588. The second kappa shape index (κ2) is 5.43. The quantitative estimate of drug-likeness (QED) is 0.580. The summed E-state index contributed by atoms with van der Waals surface area (Å²) in [7, 11) is 0. The maximum Gasteiger partial charge on any atom is 0.226 e. The highest BCUT2D eigenvalue weighted by molar-refractivity contribution is 6.27. The molecule has 1 aromatic heterocycles. The van der Waals surface area contributed by atoms with Gasteiger partial charge in [-0.2, -0.15) is 5.26 Å². The fourth-order valence-electron chi connectivity index (χ4n) is 2.22. The zero-order chi connectivity index (χ0) is 14.7. The number of nitrogens with one attached hydrogen (secondary N) is 1. The maximum atomic E-state index is 9.51. The first-order chi connectivity index (χ1) is 10.2. The number of para-hydroxylation sites is 1. The number of hydrogen-bond donors (Lipinski definition) is 1. The molecule has 0 spiro atoms. The van der Waals surface area contributed by atoms with E-state index in [0.717, 1.165) is 16.6 Å². The number of rotatable bonds is 3. The standard InChI is InChI=1S/C17H12ClN3/c18-17(12-19,14-8-2-1-3-9-14)21-15-10-4-6-13-7-5-11-20-16(13)15/h1-11,21H. The van der Waals surface area contributed by atoms with Crippen LogP contribution in [-0.2, 0) is 5.00 Å². The van der Waals surface area contributed by atoms with Gasteiger partial charge in [-0.1, -0.05) is 60.1 Å². The van der Waals surface area contributed by atoms with Crippen molar-refractivity contribution in [2.45, 2.75) is 5.00 Å². The third kappa shape index (κ3) is 2.54. The molecule has 3 aromatic rings. The summed E-state index contributed by atoms with van der Waals surface area (Å²) in [5.74, 6) is 0. The average Bonchev–Trinajstić information content (AvgIpc) is 2.56. The minimum absolute atomic E-state index is 0.696. The molecule has 0 aliphatic rings. The lowest BCUT2D eigenvalue weighted by Gasteiger charge is -2.23. The van der Waals surface area contributed by atoms with Crippen LogP contribution in [0.25, 0.3) is 10.9 Å². The van der Waals surface area contributed by atoms with Crippen molar-refractivity contribution >= 4 is 28.2 Å². The largest absolute Gasteiger partial charge is 0.350 e. The van der Waals surface area contributed by atoms with Crippen LogP contribution >= 0.6 is 11.6 Å². The number of fused-ring (bicyclic) bond motifs is 1. The minimum Gasteiger partial charge on any atom is -0.350 e. The molecule has 1 atom stereocenters. The summed E-state index contributed by atoms with van der Waals surface area (Å²) in [6, 6.07) is 21.0. The number of pyridine rings is 1. The third-order valence-corrected chi connectivity index (χ3v) is 3.66. The van der Waals surface area contributed by atoms with Crippen molar-refractivity contribution in [2.24, 2.45) is 0 Å². The number of halogens is 1. The summed E-state index contributed by atoms with van der Waals surface area (Å²) in [4.78, 5) is 3.04. The van der Waals surface area contributed by atoms with E-state index in [1.807, 2.05) is 60.7 Å². The predicted molar refractivity (Wildman–Crippen MR) is 85.0 cm³/mol. The zero-order valence-corrected chi connectivity index (χ0v) is 11.9. The number of nitriles is 1. The predicted octanol–water partition coefficient (Wildman–Crippen LogP) is 4.26. The Hall–Kier alpha value is -2.57. The van der Waals surface area contributed by atoms with E-state index in [9.17, 15) is 5.26 Å². The van der Waals surface area contributed by atoms with Gasteiger partial charge in [0.05, 0.1) is 11.2 Å². The Morgan fingerprint density at radius 2 is 1.76 bits per heavy atom. The van der Waals surface area contributed by atoms with Gasteiger partial charge in [0.1, 0.15) is 6.07 Å². The smallest absolute Gasteiger partial charge is 0.226 e. The number of anilines is 1. The van der Waals surface area contributed by atoms with Crippen molar-refractivity contribution < 1.29 is 0 Å². The summed E-state index contributed by atoms with van der Waals surface area (Å²) < 4.78 is 0. The molecule has 0 aliphatic heterocycles. The molecule has 0 radical (unpaired) electrons. The molecule has 3 rings (SSSR count). The Morgan fingerprint density at radius 1 is 1.00 bits per heavy atom. The van der Waals surface area contributed by atoms with Gasteiger partial charge in [0.25, 0.3) is 0 Å². The van der Waals surface area contributed by atoms with Crippen molar-refractivity contribution in [1.82, 2.24) is 4.98 Å². The van der Waals surface area contributed by atoms with E-state index in [2.05, 4.69) is 16.4 Å². The Labute approximate surface area is 127 Å². The Kier molecular flexibility index (Phi) is 3.47. The first kappa shape index (κ1) is 13.4. The van der Waals surface area contributed by atoms with E-state index in [1.54, 1.807) is 6.20 Å². The molecule has 1 heterocycles. The second-order valence-electron chi connectivity index (χ2n) is 4.64. The molecule has 0 saturated heterocycles. The summed E-state index contributed by atoms with van der Waals surface area (Å²) >= 11 is 6.48. The monoisotopic (exact) mass is 293 g/mol. The molecule has 102 valence electrons. The highest BCUT2D eigenvalue weighted by atomic mass is 35.5. The molecule has 21 heavy (non-hydrogen) atoms. The number of hydrogen-bond acceptors (Lipinski definition) is 3. The summed E-state index contributed by atoms with van der Waals surface area (Å²) in [6.45, 7) is 0. The first-order valence-electron chi connectivity index (χ1n) is 6.50. The summed E-state index contributed by atoms with van der Waals surface area (Å²) in [5, 5.41) is 13.6. The normalized spacial score (nSPS) is 13.3. The van der Waals surface area contributed by atoms with E-state index >= 15 is 0 Å². The lowest BCUT2D eigenvalue weighted by Crippen LogP contribution is -2.27. The molecule has 0 bridgehead atoms. The van der Waals surface area contributed by atoms with Gasteiger partial charge in [0.2, 0.25) is 5.00 Å². The molecule has 1 N–H and O–H groups in total. The number of nitrogens with zero attached hydrogens (tertiary/aromatic N) is 2. The van der Waals surface area contributed by atoms with E-state index < -0.39 is 5.00 Å². The Morgan fingerprint density at radius 3 is 2.52 bits per heavy atom. The SMILES string of the molecule is N#CC(Cl)(Nc1cccc2cccnc12)c1ccccc1. The van der Waals surface area contributed by atoms with Gasteiger partial charge < -0.3 is 5.32 Å². The van der Waals surface area contributed by atoms with Crippen LogP contribution in [0.2, 0.25) is 0 Å². The third-order valence-electron chi connectivity index (χ3n) is 3.27. The topological polar surface area (TPSA) is 48.7 Å². The van der Waals surface area contributed by atoms with Crippen LogP contribution in [-0.4, -0.2) is 4.98 Å². The van der Waals surface area contributed by atoms with Crippen molar-refractivity contribution in [3.05, 3.63) is 72.4 Å². The number of alkyl halides is 1. The molecular formula is C17H12ClN3. The van der Waals surface area contributed by atoms with Gasteiger partial charge in [0.15, 0.2) is 0 Å². The molecular weight excluding hydrogens is 282 g/mol. The van der Waals surface area contributed by atoms with Crippen LogP contribution in [0, 0.1) is 11.3 Å². The van der Waals surface area contributed by atoms with Crippen molar-refractivity contribution in [1.29, 1.82) is 5.26 Å². The molecule has 2 aromatic carbocycles. The van der Waals surface area contributed by atoms with Gasteiger partial charge in [-0.25, -0.2) is 0 Å². The Balaban J connectivity index is 2.07. The highest BCUT2D eigenvalue weighted by Crippen LogP contribution is 2.32. The van der Waals surface area contributed by atoms with Gasteiger partial charge in [0, 0.05) is 17.1 Å². The zero-order valence-electron chi connectivity index (χ0n) is 11.1. The number of aromatic nitrogens is 1. The van der Waals surface area contributed by atoms with Crippen LogP contribution in [0.4, 0.5) is 5.69 Å². The average molecular weight is 294 g/mol. The van der Waals surface area contributed by atoms with E-state index in [1.165, 1.54) is 0 Å². The van der Waals surface area contributed by atoms with Gasteiger partial charge in [-0.3, -0.25) is 4.98 Å². The van der Waals surface area contributed by atoms with Gasteiger partial charge in [-0.15, -0.1) is 0 Å². The minimum atomic E-state index is -1.33. The molecule has 0 fully saturated rings. The molecule has 0 aliphatic carbocycles. The van der Waals surface area contributed by atoms with Crippen LogP contribution in [0.1, 0.15) is 5.56 Å². The molecule has 4 heteroatoms. The van der Waals surface area contributed by atoms with Crippen LogP contribution in [0.3, 0.4) is 0 Å². The first-order valence-corrected chi connectivity index (χ1v) is 6.88.